The van der Waals surface area contributed by atoms with Crippen molar-refractivity contribution in [2.45, 2.75) is 71.8 Å². The predicted molar refractivity (Wildman–Crippen MR) is 90.0 cm³/mol. The van der Waals surface area contributed by atoms with Crippen LogP contribution in [0.2, 0.25) is 0 Å². The average molecular weight is 289 g/mol. The molecule has 1 heterocycles. The van der Waals surface area contributed by atoms with Crippen molar-refractivity contribution in [3.8, 4) is 5.75 Å². The van der Waals surface area contributed by atoms with Gasteiger partial charge in [-0.2, -0.15) is 0 Å². The molecule has 0 saturated carbocycles. The minimum atomic E-state index is -0.0366. The topological polar surface area (TPSA) is 23.5 Å². The first-order valence-corrected chi connectivity index (χ1v) is 8.18. The molecule has 0 aliphatic carbocycles. The SMILES string of the molecule is CC(C)(C)c1cc(CN2CCCC2)cc(C(C)(C)C)c1O. The highest BCUT2D eigenvalue weighted by Gasteiger charge is 2.27. The first-order valence-electron chi connectivity index (χ1n) is 8.18. The summed E-state index contributed by atoms with van der Waals surface area (Å²) in [5.41, 5.74) is 3.41. The Morgan fingerprint density at radius 3 is 1.71 bits per heavy atom. The molecule has 0 bridgehead atoms. The Kier molecular flexibility index (Phi) is 4.39. The monoisotopic (exact) mass is 289 g/mol. The average Bonchev–Trinajstić information content (AvgIpc) is 2.81. The molecule has 1 aliphatic heterocycles. The molecule has 0 radical (unpaired) electrons. The van der Waals surface area contributed by atoms with Crippen LogP contribution in [0.3, 0.4) is 0 Å². The van der Waals surface area contributed by atoms with E-state index >= 15 is 0 Å². The molecule has 21 heavy (non-hydrogen) atoms. The van der Waals surface area contributed by atoms with Crippen LogP contribution < -0.4 is 0 Å². The fourth-order valence-electron chi connectivity index (χ4n) is 3.13. The van der Waals surface area contributed by atoms with E-state index in [0.29, 0.717) is 5.75 Å². The van der Waals surface area contributed by atoms with Crippen LogP contribution in [0.4, 0.5) is 0 Å². The molecule has 2 rings (SSSR count). The minimum absolute atomic E-state index is 0.0366. The normalized spacial score (nSPS) is 17.4. The van der Waals surface area contributed by atoms with Crippen LogP contribution in [0.25, 0.3) is 0 Å². The fraction of sp³-hybridized carbons (Fsp3) is 0.684. The van der Waals surface area contributed by atoms with Crippen LogP contribution in [0.15, 0.2) is 12.1 Å². The Morgan fingerprint density at radius 2 is 1.33 bits per heavy atom. The molecule has 2 nitrogen and oxygen atoms in total. The quantitative estimate of drug-likeness (QED) is 0.861. The first-order chi connectivity index (χ1) is 9.59. The molecule has 118 valence electrons. The molecule has 2 heteroatoms. The summed E-state index contributed by atoms with van der Waals surface area (Å²) in [6.45, 7) is 16.5. The molecule has 1 aliphatic rings. The van der Waals surface area contributed by atoms with Crippen LogP contribution in [0.1, 0.15) is 71.1 Å². The highest BCUT2D eigenvalue weighted by molar-refractivity contribution is 5.49. The highest BCUT2D eigenvalue weighted by Crippen LogP contribution is 2.40. The lowest BCUT2D eigenvalue weighted by atomic mass is 9.78. The second-order valence-electron chi connectivity index (χ2n) is 8.52. The number of hydrogen-bond acceptors (Lipinski definition) is 2. The minimum Gasteiger partial charge on any atom is -0.507 e. The Bertz CT molecular complexity index is 464. The number of phenols is 1. The standard InChI is InChI=1S/C19H31NO/c1-18(2,3)15-11-14(13-20-9-7-8-10-20)12-16(17(15)21)19(4,5)6/h11-12,21H,7-10,13H2,1-6H3. The Morgan fingerprint density at radius 1 is 0.905 bits per heavy atom. The number of rotatable bonds is 2. The molecule has 1 saturated heterocycles. The maximum atomic E-state index is 10.7. The van der Waals surface area contributed by atoms with Crippen molar-refractivity contribution >= 4 is 0 Å². The summed E-state index contributed by atoms with van der Waals surface area (Å²) in [7, 11) is 0. The van der Waals surface area contributed by atoms with Gasteiger partial charge in [0.15, 0.2) is 0 Å². The second kappa shape index (κ2) is 5.64. The van der Waals surface area contributed by atoms with Gasteiger partial charge in [0.05, 0.1) is 0 Å². The first kappa shape index (κ1) is 16.4. The van der Waals surface area contributed by atoms with E-state index in [1.54, 1.807) is 0 Å². The summed E-state index contributed by atoms with van der Waals surface area (Å²) < 4.78 is 0. The van der Waals surface area contributed by atoms with Crippen molar-refractivity contribution < 1.29 is 5.11 Å². The summed E-state index contributed by atoms with van der Waals surface area (Å²) in [6, 6.07) is 4.42. The van der Waals surface area contributed by atoms with Gasteiger partial charge in [-0.3, -0.25) is 4.90 Å². The number of benzene rings is 1. The van der Waals surface area contributed by atoms with Crippen LogP contribution in [-0.2, 0) is 17.4 Å². The van der Waals surface area contributed by atoms with Crippen molar-refractivity contribution in [1.29, 1.82) is 0 Å². The Balaban J connectivity index is 2.45. The van der Waals surface area contributed by atoms with Gasteiger partial charge in [-0.25, -0.2) is 0 Å². The number of phenolic OH excluding ortho intramolecular Hbond substituents is 1. The molecular weight excluding hydrogens is 258 g/mol. The van der Waals surface area contributed by atoms with Gasteiger partial charge in [0.1, 0.15) is 5.75 Å². The van der Waals surface area contributed by atoms with E-state index in [2.05, 4.69) is 58.6 Å². The third kappa shape index (κ3) is 3.79. The largest absolute Gasteiger partial charge is 0.507 e. The van der Waals surface area contributed by atoms with Gasteiger partial charge in [0, 0.05) is 6.54 Å². The number of nitrogens with zero attached hydrogens (tertiary/aromatic N) is 1. The number of likely N-dealkylation sites (tertiary alicyclic amines) is 1. The Labute approximate surface area is 130 Å². The van der Waals surface area contributed by atoms with Crippen molar-refractivity contribution in [3.05, 3.63) is 28.8 Å². The zero-order valence-corrected chi connectivity index (χ0v) is 14.6. The summed E-state index contributed by atoms with van der Waals surface area (Å²) in [6.07, 6.45) is 2.63. The van der Waals surface area contributed by atoms with Gasteiger partial charge in [-0.15, -0.1) is 0 Å². The van der Waals surface area contributed by atoms with Gasteiger partial charge in [0.2, 0.25) is 0 Å². The third-order valence-electron chi connectivity index (χ3n) is 4.39. The van der Waals surface area contributed by atoms with E-state index in [1.165, 1.54) is 31.5 Å². The van der Waals surface area contributed by atoms with E-state index < -0.39 is 0 Å². The van der Waals surface area contributed by atoms with Crippen molar-refractivity contribution in [2.75, 3.05) is 13.1 Å². The Hall–Kier alpha value is -1.02. The van der Waals surface area contributed by atoms with E-state index in [4.69, 9.17) is 0 Å². The lowest BCUT2D eigenvalue weighted by Gasteiger charge is -2.29. The van der Waals surface area contributed by atoms with Gasteiger partial charge in [-0.05, 0) is 53.5 Å². The van der Waals surface area contributed by atoms with Crippen LogP contribution in [0.5, 0.6) is 5.75 Å². The second-order valence-corrected chi connectivity index (χ2v) is 8.52. The fourth-order valence-corrected chi connectivity index (χ4v) is 3.13. The summed E-state index contributed by atoms with van der Waals surface area (Å²) >= 11 is 0. The summed E-state index contributed by atoms with van der Waals surface area (Å²) in [4.78, 5) is 2.52. The van der Waals surface area contributed by atoms with Gasteiger partial charge in [0.25, 0.3) is 0 Å². The van der Waals surface area contributed by atoms with E-state index in [-0.39, 0.29) is 10.8 Å². The zero-order valence-electron chi connectivity index (χ0n) is 14.6. The van der Waals surface area contributed by atoms with Crippen LogP contribution in [0, 0.1) is 0 Å². The molecule has 0 spiro atoms. The maximum absolute atomic E-state index is 10.7. The molecule has 0 unspecified atom stereocenters. The van der Waals surface area contributed by atoms with E-state index in [1.807, 2.05) is 0 Å². The molecule has 0 amide bonds. The molecule has 0 atom stereocenters. The number of hydrogen-bond donors (Lipinski definition) is 1. The van der Waals surface area contributed by atoms with Crippen LogP contribution in [-0.4, -0.2) is 23.1 Å². The van der Waals surface area contributed by atoms with Crippen LogP contribution >= 0.6 is 0 Å². The zero-order chi connectivity index (χ0) is 15.8. The summed E-state index contributed by atoms with van der Waals surface area (Å²) in [5.74, 6) is 0.486. The van der Waals surface area contributed by atoms with E-state index in [9.17, 15) is 5.11 Å². The molecule has 1 N–H and O–H groups in total. The van der Waals surface area contributed by atoms with Gasteiger partial charge in [-0.1, -0.05) is 53.7 Å². The smallest absolute Gasteiger partial charge is 0.123 e. The maximum Gasteiger partial charge on any atom is 0.123 e. The molecule has 0 aromatic heterocycles. The summed E-state index contributed by atoms with van der Waals surface area (Å²) in [5, 5.41) is 10.7. The molecular formula is C19H31NO. The third-order valence-corrected chi connectivity index (χ3v) is 4.39. The van der Waals surface area contributed by atoms with Crippen molar-refractivity contribution in [3.63, 3.8) is 0 Å². The molecule has 1 fully saturated rings. The number of aromatic hydroxyl groups is 1. The van der Waals surface area contributed by atoms with Gasteiger partial charge < -0.3 is 5.11 Å². The van der Waals surface area contributed by atoms with E-state index in [0.717, 1.165) is 17.7 Å². The highest BCUT2D eigenvalue weighted by atomic mass is 16.3. The lowest BCUT2D eigenvalue weighted by Crippen LogP contribution is -2.21. The van der Waals surface area contributed by atoms with Crippen molar-refractivity contribution in [1.82, 2.24) is 4.90 Å². The van der Waals surface area contributed by atoms with Crippen molar-refractivity contribution in [2.24, 2.45) is 0 Å². The predicted octanol–water partition coefficient (Wildman–Crippen LogP) is 4.58. The molecule has 1 aromatic carbocycles. The lowest BCUT2D eigenvalue weighted by molar-refractivity contribution is 0.330. The molecule has 1 aromatic rings. The van der Waals surface area contributed by atoms with Gasteiger partial charge >= 0.3 is 0 Å².